The summed E-state index contributed by atoms with van der Waals surface area (Å²) in [5.74, 6) is 1.01. The van der Waals surface area contributed by atoms with Gasteiger partial charge in [0.1, 0.15) is 5.75 Å². The Balaban J connectivity index is 1.88. The highest BCUT2D eigenvalue weighted by atomic mass is 16.5. The molecule has 3 aromatic heterocycles. The maximum atomic E-state index is 13.0. The van der Waals surface area contributed by atoms with Crippen LogP contribution in [0.3, 0.4) is 0 Å². The third-order valence-electron chi connectivity index (χ3n) is 5.49. The fourth-order valence-electron chi connectivity index (χ4n) is 4.03. The van der Waals surface area contributed by atoms with Gasteiger partial charge >= 0.3 is 0 Å². The zero-order valence-corrected chi connectivity index (χ0v) is 18.2. The molecular weight excluding hydrogens is 378 g/mol. The second-order valence-corrected chi connectivity index (χ2v) is 8.08. The van der Waals surface area contributed by atoms with Gasteiger partial charge in [-0.15, -0.1) is 0 Å². The first-order valence-corrected chi connectivity index (χ1v) is 10.1. The minimum atomic E-state index is -0.134. The number of H-pyrrole nitrogens is 1. The topological polar surface area (TPSA) is 77.2 Å². The first-order chi connectivity index (χ1) is 14.3. The van der Waals surface area contributed by atoms with Gasteiger partial charge in [0, 0.05) is 22.9 Å². The number of rotatable bonds is 5. The van der Waals surface area contributed by atoms with E-state index in [1.165, 1.54) is 4.52 Å². The van der Waals surface area contributed by atoms with Crippen molar-refractivity contribution >= 4 is 5.65 Å². The summed E-state index contributed by atoms with van der Waals surface area (Å²) in [7, 11) is 1.64. The molecule has 0 aliphatic rings. The number of nitrogens with zero attached hydrogens (tertiary/aromatic N) is 4. The lowest BCUT2D eigenvalue weighted by molar-refractivity contribution is 0.386. The maximum Gasteiger partial charge on any atom is 0.272 e. The van der Waals surface area contributed by atoms with Crippen LogP contribution in [0.25, 0.3) is 16.9 Å². The summed E-state index contributed by atoms with van der Waals surface area (Å²) in [5, 5.41) is 7.87. The number of methoxy groups -OCH3 is 1. The fraction of sp³-hybridized carbons (Fsp3) is 0.348. The molecule has 1 atom stereocenters. The molecule has 0 spiro atoms. The lowest BCUT2D eigenvalue weighted by Gasteiger charge is -2.22. The molecule has 4 aromatic rings. The summed E-state index contributed by atoms with van der Waals surface area (Å²) < 4.78 is 8.73. The smallest absolute Gasteiger partial charge is 0.272 e. The predicted molar refractivity (Wildman–Crippen MR) is 117 cm³/mol. The molecule has 0 fully saturated rings. The normalized spacial score (nSPS) is 12.6. The molecule has 1 N–H and O–H groups in total. The van der Waals surface area contributed by atoms with E-state index in [1.807, 2.05) is 55.8 Å². The number of hydrogen-bond donors (Lipinski definition) is 1. The molecule has 3 heterocycles. The van der Waals surface area contributed by atoms with Gasteiger partial charge in [-0.2, -0.15) is 5.10 Å². The van der Waals surface area contributed by atoms with Crippen molar-refractivity contribution in [1.82, 2.24) is 24.4 Å². The van der Waals surface area contributed by atoms with Gasteiger partial charge in [0.15, 0.2) is 5.65 Å². The highest BCUT2D eigenvalue weighted by Gasteiger charge is 2.24. The van der Waals surface area contributed by atoms with Crippen molar-refractivity contribution in [3.63, 3.8) is 0 Å². The molecule has 0 amide bonds. The highest BCUT2D eigenvalue weighted by Crippen LogP contribution is 2.29. The number of ether oxygens (including phenoxy) is 1. The van der Waals surface area contributed by atoms with Crippen LogP contribution >= 0.6 is 0 Å². The fourth-order valence-corrected chi connectivity index (χ4v) is 4.03. The molecule has 30 heavy (non-hydrogen) atoms. The summed E-state index contributed by atoms with van der Waals surface area (Å²) in [5.41, 5.74) is 6.00. The number of aromatic amines is 1. The Hall–Kier alpha value is -3.35. The van der Waals surface area contributed by atoms with E-state index in [0.717, 1.165) is 39.7 Å². The van der Waals surface area contributed by atoms with Crippen molar-refractivity contribution in [1.29, 1.82) is 0 Å². The minimum Gasteiger partial charge on any atom is -0.497 e. The highest BCUT2D eigenvalue weighted by molar-refractivity contribution is 5.70. The molecule has 1 unspecified atom stereocenters. The van der Waals surface area contributed by atoms with Crippen LogP contribution in [0.4, 0.5) is 0 Å². The van der Waals surface area contributed by atoms with Gasteiger partial charge in [-0.25, -0.2) is 9.50 Å². The standard InChI is InChI=1S/C23H27N5O2/c1-13(2)22(27-15(4)11-14(3)25-27)19-12-20(29)28-23(24-19)16(5)21(26-28)17-7-9-18(30-6)10-8-17/h7-13,22,26H,1-6H3. The van der Waals surface area contributed by atoms with Gasteiger partial charge in [0.05, 0.1) is 30.2 Å². The maximum absolute atomic E-state index is 13.0. The lowest BCUT2D eigenvalue weighted by Crippen LogP contribution is -2.24. The zero-order valence-electron chi connectivity index (χ0n) is 18.2. The molecule has 0 radical (unpaired) electrons. The van der Waals surface area contributed by atoms with Crippen LogP contribution in [0.5, 0.6) is 5.75 Å². The first-order valence-electron chi connectivity index (χ1n) is 10.1. The summed E-state index contributed by atoms with van der Waals surface area (Å²) in [6.45, 7) is 10.2. The minimum absolute atomic E-state index is 0.116. The van der Waals surface area contributed by atoms with Crippen molar-refractivity contribution < 1.29 is 4.74 Å². The van der Waals surface area contributed by atoms with Gasteiger partial charge in [0.2, 0.25) is 0 Å². The van der Waals surface area contributed by atoms with E-state index in [0.29, 0.717) is 5.65 Å². The van der Waals surface area contributed by atoms with Gasteiger partial charge in [0.25, 0.3) is 5.56 Å². The summed E-state index contributed by atoms with van der Waals surface area (Å²) in [4.78, 5) is 17.9. The predicted octanol–water partition coefficient (Wildman–Crippen LogP) is 4.07. The number of hydrogen-bond acceptors (Lipinski definition) is 4. The average Bonchev–Trinajstić information content (AvgIpc) is 3.21. The molecule has 1 aromatic carbocycles. The summed E-state index contributed by atoms with van der Waals surface area (Å²) in [6.07, 6.45) is 0. The van der Waals surface area contributed by atoms with E-state index in [-0.39, 0.29) is 17.5 Å². The Labute approximate surface area is 175 Å². The Kier molecular flexibility index (Phi) is 4.97. The molecule has 4 rings (SSSR count). The lowest BCUT2D eigenvalue weighted by atomic mass is 10.0. The Morgan fingerprint density at radius 3 is 2.33 bits per heavy atom. The second kappa shape index (κ2) is 7.48. The second-order valence-electron chi connectivity index (χ2n) is 8.08. The van der Waals surface area contributed by atoms with Gasteiger partial charge in [-0.05, 0) is 57.0 Å². The van der Waals surface area contributed by atoms with Crippen LogP contribution in [0.1, 0.15) is 42.5 Å². The van der Waals surface area contributed by atoms with E-state index < -0.39 is 0 Å². The van der Waals surface area contributed by atoms with Crippen LogP contribution in [0.15, 0.2) is 41.2 Å². The van der Waals surface area contributed by atoms with Gasteiger partial charge < -0.3 is 4.74 Å². The molecule has 0 saturated heterocycles. The van der Waals surface area contributed by atoms with Crippen LogP contribution in [0, 0.1) is 26.7 Å². The molecule has 156 valence electrons. The molecule has 0 aliphatic heterocycles. The Bertz CT molecular complexity index is 1260. The van der Waals surface area contributed by atoms with Gasteiger partial charge in [-0.3, -0.25) is 14.6 Å². The monoisotopic (exact) mass is 405 g/mol. The van der Waals surface area contributed by atoms with E-state index in [4.69, 9.17) is 9.72 Å². The average molecular weight is 406 g/mol. The quantitative estimate of drug-likeness (QED) is 0.543. The molecule has 0 aliphatic carbocycles. The van der Waals surface area contributed by atoms with Crippen LogP contribution in [-0.2, 0) is 0 Å². The third-order valence-corrected chi connectivity index (χ3v) is 5.49. The van der Waals surface area contributed by atoms with Crippen molar-refractivity contribution in [2.45, 2.75) is 40.7 Å². The first kappa shape index (κ1) is 19.9. The Morgan fingerprint density at radius 2 is 1.77 bits per heavy atom. The number of nitrogens with one attached hydrogen (secondary N) is 1. The van der Waals surface area contributed by atoms with E-state index in [1.54, 1.807) is 13.2 Å². The van der Waals surface area contributed by atoms with Crippen molar-refractivity contribution in [3.8, 4) is 17.0 Å². The summed E-state index contributed by atoms with van der Waals surface area (Å²) >= 11 is 0. The van der Waals surface area contributed by atoms with Crippen molar-refractivity contribution in [3.05, 3.63) is 69.4 Å². The van der Waals surface area contributed by atoms with Gasteiger partial charge in [-0.1, -0.05) is 13.8 Å². The molecular formula is C23H27N5O2. The largest absolute Gasteiger partial charge is 0.497 e. The van der Waals surface area contributed by atoms with Crippen LogP contribution in [0.2, 0.25) is 0 Å². The van der Waals surface area contributed by atoms with E-state index in [2.05, 4.69) is 24.0 Å². The van der Waals surface area contributed by atoms with E-state index in [9.17, 15) is 4.79 Å². The summed E-state index contributed by atoms with van der Waals surface area (Å²) in [6, 6.07) is 11.3. The molecule has 7 heteroatoms. The number of aromatic nitrogens is 5. The van der Waals surface area contributed by atoms with Crippen molar-refractivity contribution in [2.24, 2.45) is 5.92 Å². The number of fused-ring (bicyclic) bond motifs is 1. The third kappa shape index (κ3) is 3.30. The van der Waals surface area contributed by atoms with Crippen LogP contribution < -0.4 is 10.3 Å². The zero-order chi connectivity index (χ0) is 21.6. The molecule has 0 bridgehead atoms. The van der Waals surface area contributed by atoms with Crippen LogP contribution in [-0.4, -0.2) is 31.5 Å². The SMILES string of the molecule is COc1ccc(-c2[nH]n3c(=O)cc(C(C(C)C)n4nc(C)cc4C)nc3c2C)cc1. The molecule has 0 saturated carbocycles. The molecule has 7 nitrogen and oxygen atoms in total. The number of aryl methyl sites for hydroxylation is 3. The van der Waals surface area contributed by atoms with E-state index >= 15 is 0 Å². The number of benzene rings is 1. The Morgan fingerprint density at radius 1 is 1.07 bits per heavy atom. The van der Waals surface area contributed by atoms with Crippen molar-refractivity contribution in [2.75, 3.05) is 7.11 Å².